The molecule has 0 spiro atoms. The van der Waals surface area contributed by atoms with E-state index >= 15 is 0 Å². The number of rotatable bonds is 3. The molecule has 21 heavy (non-hydrogen) atoms. The van der Waals surface area contributed by atoms with Crippen LogP contribution < -0.4 is 10.2 Å². The molecule has 2 heterocycles. The van der Waals surface area contributed by atoms with Crippen LogP contribution in [0.25, 0.3) is 0 Å². The zero-order chi connectivity index (χ0) is 14.7. The molecule has 0 radical (unpaired) electrons. The number of carbonyl (C=O) groups is 1. The molecule has 1 N–H and O–H groups in total. The van der Waals surface area contributed by atoms with Crippen LogP contribution in [0.2, 0.25) is 0 Å². The van der Waals surface area contributed by atoms with Crippen LogP contribution in [0.15, 0.2) is 36.7 Å². The third-order valence-electron chi connectivity index (χ3n) is 3.43. The molecule has 1 aromatic heterocycles. The van der Waals surface area contributed by atoms with E-state index in [-0.39, 0.29) is 11.7 Å². The molecule has 0 saturated carbocycles. The fourth-order valence-electron chi connectivity index (χ4n) is 2.32. The largest absolute Gasteiger partial charge is 0.356 e. The molecule has 1 saturated heterocycles. The fraction of sp³-hybridized carbons (Fsp3) is 0.267. The van der Waals surface area contributed by atoms with E-state index in [0.29, 0.717) is 11.4 Å². The number of hydrogen-bond acceptors (Lipinski definition) is 4. The first-order chi connectivity index (χ1) is 10.2. The number of halogens is 1. The van der Waals surface area contributed by atoms with E-state index in [9.17, 15) is 9.18 Å². The van der Waals surface area contributed by atoms with E-state index in [1.54, 1.807) is 6.07 Å². The first-order valence-electron chi connectivity index (χ1n) is 6.86. The third kappa shape index (κ3) is 3.16. The molecule has 0 atom stereocenters. The molecule has 0 aliphatic carbocycles. The van der Waals surface area contributed by atoms with Crippen LogP contribution in [0, 0.1) is 5.82 Å². The average molecular weight is 286 g/mol. The quantitative estimate of drug-likeness (QED) is 0.941. The van der Waals surface area contributed by atoms with E-state index in [1.165, 1.54) is 30.6 Å². The topological polar surface area (TPSA) is 58.1 Å². The Morgan fingerprint density at radius 1 is 1.14 bits per heavy atom. The molecular weight excluding hydrogens is 271 g/mol. The maximum Gasteiger partial charge on any atom is 0.256 e. The summed E-state index contributed by atoms with van der Waals surface area (Å²) in [5, 5.41) is 2.70. The number of nitrogens with zero attached hydrogens (tertiary/aromatic N) is 3. The van der Waals surface area contributed by atoms with Gasteiger partial charge in [-0.15, -0.1) is 0 Å². The summed E-state index contributed by atoms with van der Waals surface area (Å²) in [5.74, 6) is 0.573. The molecule has 1 aliphatic rings. The SMILES string of the molecule is O=C(Nc1cc(N2CCCC2)ncn1)c1ccc(F)cc1. The minimum atomic E-state index is -0.370. The summed E-state index contributed by atoms with van der Waals surface area (Å²) >= 11 is 0. The van der Waals surface area contributed by atoms with Gasteiger partial charge >= 0.3 is 0 Å². The first-order valence-corrected chi connectivity index (χ1v) is 6.86. The Hall–Kier alpha value is -2.50. The number of anilines is 2. The standard InChI is InChI=1S/C15H15FN4O/c16-12-5-3-11(4-6-12)15(21)19-13-9-14(18-10-17-13)20-7-1-2-8-20/h3-6,9-10H,1-2,7-8H2,(H,17,18,19,21). The van der Waals surface area contributed by atoms with Crippen LogP contribution in [0.5, 0.6) is 0 Å². The van der Waals surface area contributed by atoms with Gasteiger partial charge in [0.2, 0.25) is 0 Å². The highest BCUT2D eigenvalue weighted by Crippen LogP contribution is 2.19. The lowest BCUT2D eigenvalue weighted by Crippen LogP contribution is -2.20. The summed E-state index contributed by atoms with van der Waals surface area (Å²) in [4.78, 5) is 22.5. The van der Waals surface area contributed by atoms with Crippen molar-refractivity contribution in [3.05, 3.63) is 48.0 Å². The number of carbonyl (C=O) groups excluding carboxylic acids is 1. The molecule has 3 rings (SSSR count). The van der Waals surface area contributed by atoms with Gasteiger partial charge in [0.05, 0.1) is 0 Å². The van der Waals surface area contributed by atoms with Gasteiger partial charge in [0, 0.05) is 24.7 Å². The van der Waals surface area contributed by atoms with E-state index in [2.05, 4.69) is 20.2 Å². The molecule has 2 aromatic rings. The van der Waals surface area contributed by atoms with Crippen molar-refractivity contribution < 1.29 is 9.18 Å². The number of hydrogen-bond donors (Lipinski definition) is 1. The molecule has 1 aromatic carbocycles. The summed E-state index contributed by atoms with van der Waals surface area (Å²) in [6, 6.07) is 7.14. The second kappa shape index (κ2) is 5.87. The zero-order valence-corrected chi connectivity index (χ0v) is 11.4. The maximum absolute atomic E-state index is 12.8. The minimum Gasteiger partial charge on any atom is -0.356 e. The van der Waals surface area contributed by atoms with Crippen LogP contribution in [0.3, 0.4) is 0 Å². The molecular formula is C15H15FN4O. The Morgan fingerprint density at radius 3 is 2.57 bits per heavy atom. The van der Waals surface area contributed by atoms with Gasteiger partial charge in [-0.3, -0.25) is 4.79 Å². The number of benzene rings is 1. The van der Waals surface area contributed by atoms with Gasteiger partial charge < -0.3 is 10.2 Å². The van der Waals surface area contributed by atoms with E-state index in [1.807, 2.05) is 0 Å². The highest BCUT2D eigenvalue weighted by molar-refractivity contribution is 6.03. The van der Waals surface area contributed by atoms with Crippen LogP contribution in [-0.2, 0) is 0 Å². The van der Waals surface area contributed by atoms with Gasteiger partial charge in [-0.1, -0.05) is 0 Å². The van der Waals surface area contributed by atoms with Crippen molar-refractivity contribution in [1.29, 1.82) is 0 Å². The molecule has 0 unspecified atom stereocenters. The smallest absolute Gasteiger partial charge is 0.256 e. The van der Waals surface area contributed by atoms with Gasteiger partial charge in [0.25, 0.3) is 5.91 Å². The number of nitrogens with one attached hydrogen (secondary N) is 1. The average Bonchev–Trinajstić information content (AvgIpc) is 3.02. The van der Waals surface area contributed by atoms with Crippen LogP contribution in [-0.4, -0.2) is 29.0 Å². The lowest BCUT2D eigenvalue weighted by atomic mass is 10.2. The lowest BCUT2D eigenvalue weighted by Gasteiger charge is -2.16. The maximum atomic E-state index is 12.8. The molecule has 5 nitrogen and oxygen atoms in total. The van der Waals surface area contributed by atoms with Gasteiger partial charge in [-0.25, -0.2) is 14.4 Å². The predicted molar refractivity (Wildman–Crippen MR) is 77.8 cm³/mol. The monoisotopic (exact) mass is 286 g/mol. The summed E-state index contributed by atoms with van der Waals surface area (Å²) in [6.45, 7) is 1.95. The van der Waals surface area contributed by atoms with Gasteiger partial charge in [0.15, 0.2) is 0 Å². The Balaban J connectivity index is 1.73. The van der Waals surface area contributed by atoms with Gasteiger partial charge in [-0.05, 0) is 37.1 Å². The van der Waals surface area contributed by atoms with Crippen molar-refractivity contribution in [1.82, 2.24) is 9.97 Å². The molecule has 6 heteroatoms. The summed E-state index contributed by atoms with van der Waals surface area (Å²) in [5.41, 5.74) is 0.387. The Labute approximate surface area is 121 Å². The molecule has 1 fully saturated rings. The van der Waals surface area contributed by atoms with Crippen LogP contribution in [0.1, 0.15) is 23.2 Å². The van der Waals surface area contributed by atoms with Gasteiger partial charge in [0.1, 0.15) is 23.8 Å². The number of aromatic nitrogens is 2. The van der Waals surface area contributed by atoms with Crippen LogP contribution >= 0.6 is 0 Å². The predicted octanol–water partition coefficient (Wildman–Crippen LogP) is 2.47. The van der Waals surface area contributed by atoms with Gasteiger partial charge in [-0.2, -0.15) is 0 Å². The van der Waals surface area contributed by atoms with E-state index < -0.39 is 0 Å². The van der Waals surface area contributed by atoms with Crippen molar-refractivity contribution in [2.45, 2.75) is 12.8 Å². The molecule has 1 aliphatic heterocycles. The third-order valence-corrected chi connectivity index (χ3v) is 3.43. The summed E-state index contributed by atoms with van der Waals surface area (Å²) < 4.78 is 12.8. The van der Waals surface area contributed by atoms with Crippen molar-refractivity contribution >= 4 is 17.5 Å². The van der Waals surface area contributed by atoms with Crippen molar-refractivity contribution in [2.75, 3.05) is 23.3 Å². The zero-order valence-electron chi connectivity index (χ0n) is 11.4. The Bertz CT molecular complexity index is 638. The van der Waals surface area contributed by atoms with E-state index in [4.69, 9.17) is 0 Å². The highest BCUT2D eigenvalue weighted by Gasteiger charge is 2.15. The summed E-state index contributed by atoms with van der Waals surface area (Å²) in [6.07, 6.45) is 3.75. The molecule has 0 bridgehead atoms. The molecule has 1 amide bonds. The Kier molecular flexibility index (Phi) is 3.77. The van der Waals surface area contributed by atoms with Crippen molar-refractivity contribution in [3.63, 3.8) is 0 Å². The lowest BCUT2D eigenvalue weighted by molar-refractivity contribution is 0.102. The second-order valence-electron chi connectivity index (χ2n) is 4.92. The normalized spacial score (nSPS) is 14.2. The highest BCUT2D eigenvalue weighted by atomic mass is 19.1. The Morgan fingerprint density at radius 2 is 1.86 bits per heavy atom. The van der Waals surface area contributed by atoms with Crippen molar-refractivity contribution in [2.24, 2.45) is 0 Å². The first kappa shape index (κ1) is 13.5. The second-order valence-corrected chi connectivity index (χ2v) is 4.92. The minimum absolute atomic E-state index is 0.318. The fourth-order valence-corrected chi connectivity index (χ4v) is 2.32. The molecule has 108 valence electrons. The number of amides is 1. The van der Waals surface area contributed by atoms with E-state index in [0.717, 1.165) is 31.7 Å². The summed E-state index contributed by atoms with van der Waals surface area (Å²) in [7, 11) is 0. The van der Waals surface area contributed by atoms with Crippen LogP contribution in [0.4, 0.5) is 16.0 Å². The van der Waals surface area contributed by atoms with Crippen molar-refractivity contribution in [3.8, 4) is 0 Å².